The van der Waals surface area contributed by atoms with Gasteiger partial charge in [0.1, 0.15) is 11.4 Å². The van der Waals surface area contributed by atoms with Gasteiger partial charge in [-0.2, -0.15) is 0 Å². The summed E-state index contributed by atoms with van der Waals surface area (Å²) in [6.07, 6.45) is 2.82. The Labute approximate surface area is 126 Å². The third-order valence-corrected chi connectivity index (χ3v) is 4.28. The van der Waals surface area contributed by atoms with E-state index in [9.17, 15) is 4.79 Å². The lowest BCUT2D eigenvalue weighted by atomic mass is 9.88. The number of hydrogen-bond acceptors (Lipinski definition) is 3. The van der Waals surface area contributed by atoms with Crippen LogP contribution in [0.25, 0.3) is 0 Å². The summed E-state index contributed by atoms with van der Waals surface area (Å²) < 4.78 is 6.05. The Balaban J connectivity index is 1.92. The highest BCUT2D eigenvalue weighted by Gasteiger charge is 2.37. The number of amides is 1. The molecular weight excluding hydrogens is 264 g/mol. The van der Waals surface area contributed by atoms with Gasteiger partial charge in [-0.15, -0.1) is 0 Å². The molecule has 2 aliphatic rings. The lowest BCUT2D eigenvalue weighted by Crippen LogP contribution is -2.41. The van der Waals surface area contributed by atoms with Crippen molar-refractivity contribution in [2.45, 2.75) is 57.7 Å². The molecule has 114 valence electrons. The van der Waals surface area contributed by atoms with Crippen LogP contribution in [0.5, 0.6) is 5.75 Å². The highest BCUT2D eigenvalue weighted by molar-refractivity contribution is 5.81. The highest BCUT2D eigenvalue weighted by Crippen LogP contribution is 2.41. The number of carbonyl (C=O) groups excluding carboxylic acids is 1. The second-order valence-corrected chi connectivity index (χ2v) is 6.99. The molecule has 3 rings (SSSR count). The van der Waals surface area contributed by atoms with Gasteiger partial charge in [-0.25, -0.2) is 0 Å². The number of rotatable bonds is 3. The van der Waals surface area contributed by atoms with Gasteiger partial charge in [-0.1, -0.05) is 6.07 Å². The topological polar surface area (TPSA) is 64.3 Å². The predicted octanol–water partition coefficient (Wildman–Crippen LogP) is 2.83. The van der Waals surface area contributed by atoms with Crippen LogP contribution >= 0.6 is 0 Å². The van der Waals surface area contributed by atoms with Gasteiger partial charge in [0.15, 0.2) is 0 Å². The first kappa shape index (κ1) is 14.4. The SMILES string of the molecule is CC(N)c1ccc2c(c1)C(NC(=O)C1CC1)CC(C)(C)O2. The van der Waals surface area contributed by atoms with Crippen LogP contribution in [0.1, 0.15) is 63.2 Å². The molecule has 2 unspecified atom stereocenters. The molecule has 0 aromatic heterocycles. The van der Waals surface area contributed by atoms with Gasteiger partial charge in [-0.05, 0) is 51.3 Å². The first-order valence-electron chi connectivity index (χ1n) is 7.74. The largest absolute Gasteiger partial charge is 0.487 e. The van der Waals surface area contributed by atoms with Crippen LogP contribution in [0.4, 0.5) is 0 Å². The normalized spacial score (nSPS) is 24.7. The minimum absolute atomic E-state index is 0.00977. The van der Waals surface area contributed by atoms with Crippen LogP contribution in [0.3, 0.4) is 0 Å². The average molecular weight is 288 g/mol. The quantitative estimate of drug-likeness (QED) is 0.899. The zero-order valence-electron chi connectivity index (χ0n) is 13.0. The van der Waals surface area contributed by atoms with E-state index in [1.807, 2.05) is 19.1 Å². The third-order valence-electron chi connectivity index (χ3n) is 4.28. The Morgan fingerprint density at radius 3 is 2.76 bits per heavy atom. The number of ether oxygens (including phenoxy) is 1. The molecule has 0 bridgehead atoms. The molecule has 4 nitrogen and oxygen atoms in total. The van der Waals surface area contributed by atoms with Crippen molar-refractivity contribution in [3.63, 3.8) is 0 Å². The van der Waals surface area contributed by atoms with Gasteiger partial charge in [0.2, 0.25) is 5.91 Å². The van der Waals surface area contributed by atoms with Crippen molar-refractivity contribution in [3.05, 3.63) is 29.3 Å². The van der Waals surface area contributed by atoms with Crippen molar-refractivity contribution in [1.82, 2.24) is 5.32 Å². The van der Waals surface area contributed by atoms with Gasteiger partial charge in [-0.3, -0.25) is 4.79 Å². The van der Waals surface area contributed by atoms with Gasteiger partial charge in [0.25, 0.3) is 0 Å². The molecule has 1 fully saturated rings. The maximum Gasteiger partial charge on any atom is 0.223 e. The molecule has 21 heavy (non-hydrogen) atoms. The third kappa shape index (κ3) is 3.05. The van der Waals surface area contributed by atoms with Crippen molar-refractivity contribution >= 4 is 5.91 Å². The smallest absolute Gasteiger partial charge is 0.223 e. The van der Waals surface area contributed by atoms with Gasteiger partial charge in [0.05, 0.1) is 6.04 Å². The van der Waals surface area contributed by atoms with E-state index in [2.05, 4.69) is 25.2 Å². The Morgan fingerprint density at radius 1 is 1.43 bits per heavy atom. The molecule has 4 heteroatoms. The molecule has 1 aliphatic heterocycles. The van der Waals surface area contributed by atoms with Crippen molar-refractivity contribution in [1.29, 1.82) is 0 Å². The van der Waals surface area contributed by atoms with E-state index in [-0.39, 0.29) is 29.5 Å². The van der Waals surface area contributed by atoms with Crippen molar-refractivity contribution < 1.29 is 9.53 Å². The van der Waals surface area contributed by atoms with E-state index in [4.69, 9.17) is 10.5 Å². The number of benzene rings is 1. The fraction of sp³-hybridized carbons (Fsp3) is 0.588. The molecule has 3 N–H and O–H groups in total. The summed E-state index contributed by atoms with van der Waals surface area (Å²) in [6.45, 7) is 6.09. The number of nitrogens with one attached hydrogen (secondary N) is 1. The standard InChI is InChI=1S/C17H24N2O2/c1-10(18)12-6-7-15-13(8-12)14(9-17(2,3)21-15)19-16(20)11-4-5-11/h6-8,10-11,14H,4-5,9,18H2,1-3H3,(H,19,20). The first-order valence-corrected chi connectivity index (χ1v) is 7.74. The fourth-order valence-electron chi connectivity index (χ4n) is 2.92. The van der Waals surface area contributed by atoms with E-state index < -0.39 is 0 Å². The predicted molar refractivity (Wildman–Crippen MR) is 82.0 cm³/mol. The average Bonchev–Trinajstić information content (AvgIpc) is 3.21. The monoisotopic (exact) mass is 288 g/mol. The molecule has 1 saturated carbocycles. The summed E-state index contributed by atoms with van der Waals surface area (Å²) in [5.74, 6) is 1.25. The van der Waals surface area contributed by atoms with Gasteiger partial charge < -0.3 is 15.8 Å². The summed E-state index contributed by atoms with van der Waals surface area (Å²) >= 11 is 0. The second-order valence-electron chi connectivity index (χ2n) is 6.99. The minimum Gasteiger partial charge on any atom is -0.487 e. The molecule has 1 aromatic rings. The summed E-state index contributed by atoms with van der Waals surface area (Å²) in [4.78, 5) is 12.1. The molecule has 1 aromatic carbocycles. The van der Waals surface area contributed by atoms with Crippen LogP contribution in [0, 0.1) is 5.92 Å². The number of hydrogen-bond donors (Lipinski definition) is 2. The van der Waals surface area contributed by atoms with Gasteiger partial charge >= 0.3 is 0 Å². The molecule has 1 amide bonds. The molecule has 2 atom stereocenters. The molecule has 1 heterocycles. The van der Waals surface area contributed by atoms with E-state index in [0.29, 0.717) is 0 Å². The Morgan fingerprint density at radius 2 is 2.14 bits per heavy atom. The number of carbonyl (C=O) groups is 1. The zero-order chi connectivity index (χ0) is 15.2. The number of nitrogens with two attached hydrogens (primary N) is 1. The van der Waals surface area contributed by atoms with Crippen molar-refractivity contribution in [3.8, 4) is 5.75 Å². The Kier molecular flexibility index (Phi) is 3.44. The fourth-order valence-corrected chi connectivity index (χ4v) is 2.92. The number of fused-ring (bicyclic) bond motifs is 1. The van der Waals surface area contributed by atoms with Crippen LogP contribution in [0.2, 0.25) is 0 Å². The lowest BCUT2D eigenvalue weighted by molar-refractivity contribution is -0.123. The summed E-state index contributed by atoms with van der Waals surface area (Å²) in [5.41, 5.74) is 7.83. The molecule has 1 aliphatic carbocycles. The zero-order valence-corrected chi connectivity index (χ0v) is 13.0. The second kappa shape index (κ2) is 5.02. The van der Waals surface area contributed by atoms with Gasteiger partial charge in [0, 0.05) is 23.9 Å². The first-order chi connectivity index (χ1) is 9.85. The summed E-state index contributed by atoms with van der Waals surface area (Å²) in [7, 11) is 0. The van der Waals surface area contributed by atoms with Crippen LogP contribution in [0.15, 0.2) is 18.2 Å². The van der Waals surface area contributed by atoms with E-state index in [1.54, 1.807) is 0 Å². The van der Waals surface area contributed by atoms with Crippen LogP contribution in [-0.4, -0.2) is 11.5 Å². The Bertz CT molecular complexity index is 562. The maximum absolute atomic E-state index is 12.1. The lowest BCUT2D eigenvalue weighted by Gasteiger charge is -2.38. The maximum atomic E-state index is 12.1. The molecule has 0 radical (unpaired) electrons. The van der Waals surface area contributed by atoms with E-state index in [1.165, 1.54) is 0 Å². The van der Waals surface area contributed by atoms with Crippen molar-refractivity contribution in [2.24, 2.45) is 11.7 Å². The van der Waals surface area contributed by atoms with E-state index in [0.717, 1.165) is 36.1 Å². The summed E-state index contributed by atoms with van der Waals surface area (Å²) in [5, 5.41) is 3.20. The molecular formula is C17H24N2O2. The molecule has 0 spiro atoms. The Hall–Kier alpha value is -1.55. The van der Waals surface area contributed by atoms with Crippen LogP contribution in [-0.2, 0) is 4.79 Å². The van der Waals surface area contributed by atoms with E-state index >= 15 is 0 Å². The minimum atomic E-state index is -0.273. The molecule has 0 saturated heterocycles. The van der Waals surface area contributed by atoms with Crippen LogP contribution < -0.4 is 15.8 Å². The highest BCUT2D eigenvalue weighted by atomic mass is 16.5. The van der Waals surface area contributed by atoms with Crippen molar-refractivity contribution in [2.75, 3.05) is 0 Å². The summed E-state index contributed by atoms with van der Waals surface area (Å²) in [6, 6.07) is 6.05.